The van der Waals surface area contributed by atoms with Crippen molar-refractivity contribution in [2.24, 2.45) is 0 Å². The Bertz CT molecular complexity index is 555. The van der Waals surface area contributed by atoms with Crippen LogP contribution in [0.4, 0.5) is 4.39 Å². The largest absolute Gasteiger partial charge is 0.454 e. The third kappa shape index (κ3) is 3.71. The normalized spacial score (nSPS) is 10.6. The van der Waals surface area contributed by atoms with Gasteiger partial charge in [-0.2, -0.15) is 0 Å². The molecule has 0 atom stereocenters. The number of methoxy groups -OCH3 is 1. The molecule has 0 heterocycles. The van der Waals surface area contributed by atoms with E-state index in [-0.39, 0.29) is 11.6 Å². The summed E-state index contributed by atoms with van der Waals surface area (Å²) in [4.78, 5) is 0. The summed E-state index contributed by atoms with van der Waals surface area (Å²) in [6.45, 7) is 0.671. The Hall–Kier alpha value is -1.58. The molecule has 2 nitrogen and oxygen atoms in total. The maximum Gasteiger partial charge on any atom is 0.167 e. The minimum Gasteiger partial charge on any atom is -0.454 e. The Morgan fingerprint density at radius 2 is 1.85 bits per heavy atom. The highest BCUT2D eigenvalue weighted by Gasteiger charge is 2.10. The van der Waals surface area contributed by atoms with Gasteiger partial charge in [0.05, 0.1) is 12.5 Å². The molecule has 0 amide bonds. The number of ether oxygens (including phenoxy) is 2. The fourth-order valence-electron chi connectivity index (χ4n) is 1.83. The summed E-state index contributed by atoms with van der Waals surface area (Å²) in [5, 5.41) is 0. The van der Waals surface area contributed by atoms with Gasteiger partial charge in [0.15, 0.2) is 11.6 Å². The van der Waals surface area contributed by atoms with Gasteiger partial charge < -0.3 is 9.47 Å². The van der Waals surface area contributed by atoms with Gasteiger partial charge in [0, 0.05) is 12.7 Å². The van der Waals surface area contributed by atoms with E-state index in [0.29, 0.717) is 17.9 Å². The van der Waals surface area contributed by atoms with Crippen LogP contribution in [0.3, 0.4) is 0 Å². The van der Waals surface area contributed by atoms with Gasteiger partial charge in [0.2, 0.25) is 0 Å². The number of para-hydroxylation sites is 1. The molecule has 0 aliphatic heterocycles. The second kappa shape index (κ2) is 7.27. The van der Waals surface area contributed by atoms with Crippen molar-refractivity contribution in [1.82, 2.24) is 0 Å². The summed E-state index contributed by atoms with van der Waals surface area (Å²) in [5.41, 5.74) is 1.78. The molecule has 0 radical (unpaired) electrons. The van der Waals surface area contributed by atoms with Crippen molar-refractivity contribution < 1.29 is 13.9 Å². The topological polar surface area (TPSA) is 18.5 Å². The summed E-state index contributed by atoms with van der Waals surface area (Å²) in [6.07, 6.45) is 0.837. The van der Waals surface area contributed by atoms with Gasteiger partial charge in [-0.05, 0) is 30.2 Å². The van der Waals surface area contributed by atoms with Crippen molar-refractivity contribution in [3.05, 3.63) is 59.4 Å². The number of hydrogen-bond donors (Lipinski definition) is 0. The molecule has 106 valence electrons. The Morgan fingerprint density at radius 1 is 1.10 bits per heavy atom. The van der Waals surface area contributed by atoms with Gasteiger partial charge in [-0.1, -0.05) is 24.3 Å². The van der Waals surface area contributed by atoms with Crippen molar-refractivity contribution in [1.29, 1.82) is 0 Å². The molecular formula is C16H16ClFO2. The van der Waals surface area contributed by atoms with Crippen molar-refractivity contribution >= 4 is 11.6 Å². The van der Waals surface area contributed by atoms with Crippen LogP contribution in [0, 0.1) is 5.82 Å². The summed E-state index contributed by atoms with van der Waals surface area (Å²) in [5.74, 6) is 0.570. The number of rotatable bonds is 6. The number of hydrogen-bond acceptors (Lipinski definition) is 2. The smallest absolute Gasteiger partial charge is 0.167 e. The average Bonchev–Trinajstić information content (AvgIpc) is 2.48. The zero-order chi connectivity index (χ0) is 14.4. The van der Waals surface area contributed by atoms with Gasteiger partial charge in [-0.15, -0.1) is 11.6 Å². The summed E-state index contributed by atoms with van der Waals surface area (Å²) < 4.78 is 24.4. The van der Waals surface area contributed by atoms with Gasteiger partial charge in [0.1, 0.15) is 5.75 Å². The molecule has 0 saturated carbocycles. The van der Waals surface area contributed by atoms with Crippen molar-refractivity contribution in [3.63, 3.8) is 0 Å². The zero-order valence-electron chi connectivity index (χ0n) is 11.2. The standard InChI is InChI=1S/C16H16ClFO2/c1-19-10-9-12-5-7-14(8-6-12)20-16-13(11-17)3-2-4-15(16)18/h2-8H,9-11H2,1H3. The molecule has 0 aliphatic carbocycles. The molecule has 0 bridgehead atoms. The van der Waals surface area contributed by atoms with Gasteiger partial charge in [-0.25, -0.2) is 4.39 Å². The predicted octanol–water partition coefficient (Wildman–Crippen LogP) is 4.55. The van der Waals surface area contributed by atoms with E-state index < -0.39 is 5.82 Å². The van der Waals surface area contributed by atoms with Crippen LogP contribution < -0.4 is 4.74 Å². The van der Waals surface area contributed by atoms with Crippen LogP contribution in [0.1, 0.15) is 11.1 Å². The lowest BCUT2D eigenvalue weighted by Crippen LogP contribution is -1.95. The Kier molecular flexibility index (Phi) is 5.39. The van der Waals surface area contributed by atoms with Crippen LogP contribution in [0.2, 0.25) is 0 Å². The molecule has 0 spiro atoms. The molecule has 2 aromatic carbocycles. The summed E-state index contributed by atoms with van der Waals surface area (Å²) in [7, 11) is 1.67. The third-order valence-electron chi connectivity index (χ3n) is 2.93. The van der Waals surface area contributed by atoms with E-state index in [1.54, 1.807) is 19.2 Å². The number of benzene rings is 2. The fraction of sp³-hybridized carbons (Fsp3) is 0.250. The van der Waals surface area contributed by atoms with Gasteiger partial charge >= 0.3 is 0 Å². The molecule has 0 aliphatic rings. The van der Waals surface area contributed by atoms with Crippen LogP contribution in [-0.4, -0.2) is 13.7 Å². The Balaban J connectivity index is 2.14. The predicted molar refractivity (Wildman–Crippen MR) is 78.1 cm³/mol. The average molecular weight is 295 g/mol. The molecule has 0 unspecified atom stereocenters. The highest BCUT2D eigenvalue weighted by atomic mass is 35.5. The first-order chi connectivity index (χ1) is 9.74. The zero-order valence-corrected chi connectivity index (χ0v) is 12.0. The lowest BCUT2D eigenvalue weighted by Gasteiger charge is -2.11. The number of alkyl halides is 1. The van der Waals surface area contributed by atoms with Crippen LogP contribution in [-0.2, 0) is 17.0 Å². The van der Waals surface area contributed by atoms with Crippen LogP contribution >= 0.6 is 11.6 Å². The lowest BCUT2D eigenvalue weighted by molar-refractivity contribution is 0.202. The van der Waals surface area contributed by atoms with Gasteiger partial charge in [-0.3, -0.25) is 0 Å². The van der Waals surface area contributed by atoms with E-state index in [2.05, 4.69) is 0 Å². The van der Waals surface area contributed by atoms with Crippen LogP contribution in [0.5, 0.6) is 11.5 Å². The molecular weight excluding hydrogens is 279 g/mol. The summed E-state index contributed by atoms with van der Waals surface area (Å²) >= 11 is 5.79. The first-order valence-corrected chi connectivity index (χ1v) is 6.87. The van der Waals surface area contributed by atoms with Crippen molar-refractivity contribution in [2.75, 3.05) is 13.7 Å². The SMILES string of the molecule is COCCc1ccc(Oc2c(F)cccc2CCl)cc1. The Labute approximate surface area is 123 Å². The highest BCUT2D eigenvalue weighted by Crippen LogP contribution is 2.29. The maximum absolute atomic E-state index is 13.8. The van der Waals surface area contributed by atoms with Crippen molar-refractivity contribution in [2.45, 2.75) is 12.3 Å². The molecule has 20 heavy (non-hydrogen) atoms. The maximum atomic E-state index is 13.8. The third-order valence-corrected chi connectivity index (χ3v) is 3.22. The van der Waals surface area contributed by atoms with Crippen LogP contribution in [0.15, 0.2) is 42.5 Å². The quantitative estimate of drug-likeness (QED) is 0.728. The molecule has 0 saturated heterocycles. The summed E-state index contributed by atoms with van der Waals surface area (Å²) in [6, 6.07) is 12.2. The van der Waals surface area contributed by atoms with E-state index in [0.717, 1.165) is 12.0 Å². The van der Waals surface area contributed by atoms with Crippen molar-refractivity contribution in [3.8, 4) is 11.5 Å². The van der Waals surface area contributed by atoms with E-state index in [9.17, 15) is 4.39 Å². The second-order valence-electron chi connectivity index (χ2n) is 4.35. The molecule has 2 aromatic rings. The lowest BCUT2D eigenvalue weighted by atomic mass is 10.1. The molecule has 4 heteroatoms. The molecule has 0 N–H and O–H groups in total. The van der Waals surface area contributed by atoms with Gasteiger partial charge in [0.25, 0.3) is 0 Å². The van der Waals surface area contributed by atoms with Crippen LogP contribution in [0.25, 0.3) is 0 Å². The Morgan fingerprint density at radius 3 is 2.50 bits per heavy atom. The monoisotopic (exact) mass is 294 g/mol. The highest BCUT2D eigenvalue weighted by molar-refractivity contribution is 6.17. The fourth-order valence-corrected chi connectivity index (χ4v) is 2.05. The minimum absolute atomic E-state index is 0.187. The molecule has 2 rings (SSSR count). The second-order valence-corrected chi connectivity index (χ2v) is 4.62. The first kappa shape index (κ1) is 14.8. The first-order valence-electron chi connectivity index (χ1n) is 6.33. The van der Waals surface area contributed by atoms with E-state index in [1.807, 2.05) is 24.3 Å². The van der Waals surface area contributed by atoms with E-state index >= 15 is 0 Å². The van der Waals surface area contributed by atoms with E-state index in [1.165, 1.54) is 6.07 Å². The minimum atomic E-state index is -0.411. The number of halogens is 2. The molecule has 0 fully saturated rings. The molecule has 0 aromatic heterocycles. The van der Waals surface area contributed by atoms with E-state index in [4.69, 9.17) is 21.1 Å².